The molecule has 0 saturated heterocycles. The number of nitrogens with one attached hydrogen (secondary N) is 1. The van der Waals surface area contributed by atoms with Gasteiger partial charge >= 0.3 is 6.09 Å². The first-order valence-electron chi connectivity index (χ1n) is 5.51. The highest BCUT2D eigenvalue weighted by molar-refractivity contribution is 7.91. The molecule has 0 saturated carbocycles. The lowest BCUT2D eigenvalue weighted by atomic mass is 10.3. The molecule has 0 spiro atoms. The van der Waals surface area contributed by atoms with Gasteiger partial charge in [0.05, 0.1) is 4.90 Å². The summed E-state index contributed by atoms with van der Waals surface area (Å²) in [7, 11) is -3.97. The van der Waals surface area contributed by atoms with E-state index in [4.69, 9.17) is 5.11 Å². The van der Waals surface area contributed by atoms with E-state index in [9.17, 15) is 17.6 Å². The van der Waals surface area contributed by atoms with Crippen LogP contribution in [-0.2, 0) is 9.84 Å². The summed E-state index contributed by atoms with van der Waals surface area (Å²) in [5.41, 5.74) is 0.227. The minimum absolute atomic E-state index is 0.112. The first-order valence-corrected chi connectivity index (χ1v) is 6.99. The molecule has 0 heterocycles. The molecule has 0 aliphatic heterocycles. The van der Waals surface area contributed by atoms with Crippen LogP contribution in [0.2, 0.25) is 0 Å². The Bertz CT molecular complexity index is 741. The fourth-order valence-corrected chi connectivity index (χ4v) is 2.96. The summed E-state index contributed by atoms with van der Waals surface area (Å²) in [4.78, 5) is 9.91. The molecule has 20 heavy (non-hydrogen) atoms. The van der Waals surface area contributed by atoms with Crippen molar-refractivity contribution in [3.63, 3.8) is 0 Å². The van der Waals surface area contributed by atoms with Gasteiger partial charge in [-0.3, -0.25) is 5.32 Å². The van der Waals surface area contributed by atoms with Gasteiger partial charge in [0, 0.05) is 5.69 Å². The summed E-state index contributed by atoms with van der Waals surface area (Å²) in [6.45, 7) is 0. The van der Waals surface area contributed by atoms with Gasteiger partial charge in [-0.2, -0.15) is 0 Å². The lowest BCUT2D eigenvalue weighted by molar-refractivity contribution is 0.209. The van der Waals surface area contributed by atoms with Crippen molar-refractivity contribution in [1.82, 2.24) is 0 Å². The summed E-state index contributed by atoms with van der Waals surface area (Å²) >= 11 is 0. The van der Waals surface area contributed by atoms with Crippen LogP contribution < -0.4 is 5.32 Å². The molecule has 7 heteroatoms. The summed E-state index contributed by atoms with van der Waals surface area (Å²) in [5, 5.41) is 10.6. The number of hydrogen-bond acceptors (Lipinski definition) is 3. The molecule has 2 rings (SSSR count). The molecule has 0 aliphatic rings. The normalized spacial score (nSPS) is 11.1. The highest BCUT2D eigenvalue weighted by atomic mass is 32.2. The van der Waals surface area contributed by atoms with Crippen LogP contribution in [0.4, 0.5) is 14.9 Å². The van der Waals surface area contributed by atoms with E-state index in [1.807, 2.05) is 0 Å². The van der Waals surface area contributed by atoms with Crippen molar-refractivity contribution in [2.24, 2.45) is 0 Å². The molecule has 0 fully saturated rings. The van der Waals surface area contributed by atoms with E-state index in [1.54, 1.807) is 0 Å². The highest BCUT2D eigenvalue weighted by Gasteiger charge is 2.21. The maximum Gasteiger partial charge on any atom is 0.409 e. The zero-order valence-electron chi connectivity index (χ0n) is 10.1. The van der Waals surface area contributed by atoms with Crippen molar-refractivity contribution in [3.05, 3.63) is 54.3 Å². The van der Waals surface area contributed by atoms with Gasteiger partial charge in [0.25, 0.3) is 0 Å². The van der Waals surface area contributed by atoms with E-state index in [2.05, 4.69) is 5.32 Å². The molecule has 0 unspecified atom stereocenters. The molecule has 0 atom stereocenters. The van der Waals surface area contributed by atoms with E-state index >= 15 is 0 Å². The van der Waals surface area contributed by atoms with Crippen molar-refractivity contribution in [2.75, 3.05) is 5.32 Å². The van der Waals surface area contributed by atoms with Crippen LogP contribution >= 0.6 is 0 Å². The fourth-order valence-electron chi connectivity index (χ4n) is 1.63. The maximum atomic E-state index is 13.6. The number of sulfone groups is 1. The minimum Gasteiger partial charge on any atom is -0.465 e. The first-order chi connectivity index (χ1) is 9.41. The number of halogens is 1. The topological polar surface area (TPSA) is 83.5 Å². The molecule has 2 aromatic rings. The van der Waals surface area contributed by atoms with Gasteiger partial charge in [-0.1, -0.05) is 12.1 Å². The number of rotatable bonds is 3. The fraction of sp³-hybridized carbons (Fsp3) is 0. The second-order valence-corrected chi connectivity index (χ2v) is 5.81. The van der Waals surface area contributed by atoms with E-state index in [-0.39, 0.29) is 10.6 Å². The number of anilines is 1. The van der Waals surface area contributed by atoms with Crippen LogP contribution in [0, 0.1) is 5.82 Å². The zero-order chi connectivity index (χ0) is 14.8. The minimum atomic E-state index is -3.97. The molecular weight excluding hydrogens is 285 g/mol. The van der Waals surface area contributed by atoms with Crippen LogP contribution in [0.25, 0.3) is 0 Å². The molecule has 0 bridgehead atoms. The SMILES string of the molecule is O=C(O)Nc1ccc(S(=O)(=O)c2ccccc2F)cc1. The third-order valence-corrected chi connectivity index (χ3v) is 4.34. The molecule has 5 nitrogen and oxygen atoms in total. The predicted molar refractivity (Wildman–Crippen MR) is 69.9 cm³/mol. The van der Waals surface area contributed by atoms with Crippen molar-refractivity contribution >= 4 is 21.6 Å². The molecule has 0 aromatic heterocycles. The van der Waals surface area contributed by atoms with Crippen LogP contribution in [0.1, 0.15) is 0 Å². The number of amides is 1. The van der Waals surface area contributed by atoms with Gasteiger partial charge in [0.1, 0.15) is 10.7 Å². The maximum absolute atomic E-state index is 13.6. The Morgan fingerprint density at radius 1 is 1.05 bits per heavy atom. The summed E-state index contributed by atoms with van der Waals surface area (Å²) in [5.74, 6) is -0.833. The predicted octanol–water partition coefficient (Wildman–Crippen LogP) is 2.75. The molecular formula is C13H10FNO4S. The number of carboxylic acid groups (broad SMARTS) is 1. The van der Waals surface area contributed by atoms with Crippen LogP contribution in [0.5, 0.6) is 0 Å². The Kier molecular flexibility index (Phi) is 3.71. The number of hydrogen-bond donors (Lipinski definition) is 2. The first kappa shape index (κ1) is 14.0. The van der Waals surface area contributed by atoms with Gasteiger partial charge in [0.2, 0.25) is 9.84 Å². The Morgan fingerprint density at radius 2 is 1.65 bits per heavy atom. The third-order valence-electron chi connectivity index (χ3n) is 2.54. The molecule has 0 aliphatic carbocycles. The van der Waals surface area contributed by atoms with Crippen molar-refractivity contribution in [1.29, 1.82) is 0 Å². The molecule has 104 valence electrons. The van der Waals surface area contributed by atoms with Crippen LogP contribution in [-0.4, -0.2) is 19.6 Å². The van der Waals surface area contributed by atoms with Gasteiger partial charge in [0.15, 0.2) is 0 Å². The summed E-state index contributed by atoms with van der Waals surface area (Å²) in [6.07, 6.45) is -1.25. The lowest BCUT2D eigenvalue weighted by Crippen LogP contribution is -2.08. The van der Waals surface area contributed by atoms with Gasteiger partial charge in [-0.05, 0) is 36.4 Å². The number of benzene rings is 2. The average Bonchev–Trinajstić information content (AvgIpc) is 2.39. The number of carbonyl (C=O) groups is 1. The van der Waals surface area contributed by atoms with Gasteiger partial charge in [-0.15, -0.1) is 0 Å². The quantitative estimate of drug-likeness (QED) is 0.912. The Hall–Kier alpha value is -2.41. The van der Waals surface area contributed by atoms with E-state index in [0.29, 0.717) is 0 Å². The van der Waals surface area contributed by atoms with E-state index in [1.165, 1.54) is 42.5 Å². The molecule has 0 radical (unpaired) electrons. The monoisotopic (exact) mass is 295 g/mol. The standard InChI is InChI=1S/C13H10FNO4S/c14-11-3-1-2-4-12(11)20(18,19)10-7-5-9(6-8-10)15-13(16)17/h1-8,15H,(H,16,17). The summed E-state index contributed by atoms with van der Waals surface area (Å²) < 4.78 is 38.0. The lowest BCUT2D eigenvalue weighted by Gasteiger charge is -2.06. The Labute approximate surface area is 114 Å². The van der Waals surface area contributed by atoms with Crippen molar-refractivity contribution in [3.8, 4) is 0 Å². The Morgan fingerprint density at radius 3 is 2.20 bits per heavy atom. The Balaban J connectivity index is 2.40. The largest absolute Gasteiger partial charge is 0.465 e. The van der Waals surface area contributed by atoms with E-state index in [0.717, 1.165) is 6.07 Å². The van der Waals surface area contributed by atoms with Gasteiger partial charge in [-0.25, -0.2) is 17.6 Å². The zero-order valence-corrected chi connectivity index (χ0v) is 10.9. The summed E-state index contributed by atoms with van der Waals surface area (Å²) in [6, 6.07) is 10.1. The van der Waals surface area contributed by atoms with Crippen molar-refractivity contribution in [2.45, 2.75) is 9.79 Å². The van der Waals surface area contributed by atoms with E-state index < -0.39 is 26.6 Å². The van der Waals surface area contributed by atoms with Crippen molar-refractivity contribution < 1.29 is 22.7 Å². The van der Waals surface area contributed by atoms with Gasteiger partial charge < -0.3 is 5.11 Å². The molecule has 2 aromatic carbocycles. The second kappa shape index (κ2) is 5.30. The molecule has 2 N–H and O–H groups in total. The highest BCUT2D eigenvalue weighted by Crippen LogP contribution is 2.24. The second-order valence-electron chi connectivity index (χ2n) is 3.89. The van der Waals surface area contributed by atoms with Crippen LogP contribution in [0.3, 0.4) is 0 Å². The third kappa shape index (κ3) is 2.77. The molecule has 1 amide bonds. The smallest absolute Gasteiger partial charge is 0.409 e. The average molecular weight is 295 g/mol. The van der Waals surface area contributed by atoms with Crippen LogP contribution in [0.15, 0.2) is 58.3 Å².